The summed E-state index contributed by atoms with van der Waals surface area (Å²) >= 11 is 1.82. The maximum Gasteiger partial charge on any atom is 0.418 e. The maximum atomic E-state index is 14.1. The molecule has 3 heterocycles. The van der Waals surface area contributed by atoms with Crippen LogP contribution in [-0.4, -0.2) is 41.8 Å². The highest BCUT2D eigenvalue weighted by molar-refractivity contribution is 8.00. The number of para-hydroxylation sites is 2. The van der Waals surface area contributed by atoms with E-state index >= 15 is 0 Å². The van der Waals surface area contributed by atoms with Gasteiger partial charge in [0.25, 0.3) is 0 Å². The molecule has 0 bridgehead atoms. The van der Waals surface area contributed by atoms with Gasteiger partial charge in [-0.25, -0.2) is 4.90 Å². The number of rotatable bonds is 7. The van der Waals surface area contributed by atoms with Gasteiger partial charge in [-0.15, -0.1) is 0 Å². The maximum absolute atomic E-state index is 14.1. The Morgan fingerprint density at radius 3 is 2.29 bits per heavy atom. The standard InChI is InChI=1S/C31H24F3N3O6S2/c1-42-17-13-11-16(12-14-17)37-27(39)24-23(18-7-3-6-10-21(18)43-2)26-29(44-25(24)28(37)40)36(30(41)45-26)15-22(38)35-20-9-5-4-8-19(20)31(32,33)34/h3-14,23-25H,15H2,1-2H3,(H,35,38). The number of thioether (sulfide) groups is 1. The van der Waals surface area contributed by atoms with Gasteiger partial charge in [0.05, 0.1) is 42.1 Å². The van der Waals surface area contributed by atoms with E-state index in [2.05, 4.69) is 5.32 Å². The molecule has 0 radical (unpaired) electrons. The second kappa shape index (κ2) is 11.7. The first-order valence-corrected chi connectivity index (χ1v) is 15.2. The number of hydrogen-bond donors (Lipinski definition) is 1. The molecule has 232 valence electrons. The number of thiazole rings is 1. The number of nitrogens with one attached hydrogen (secondary N) is 1. The molecule has 1 saturated heterocycles. The zero-order valence-electron chi connectivity index (χ0n) is 23.7. The molecule has 45 heavy (non-hydrogen) atoms. The van der Waals surface area contributed by atoms with Crippen LogP contribution in [0.4, 0.5) is 24.5 Å². The Hall–Kier alpha value is -4.56. The van der Waals surface area contributed by atoms with Gasteiger partial charge >= 0.3 is 11.0 Å². The lowest BCUT2D eigenvalue weighted by Crippen LogP contribution is -2.33. The molecule has 3 aromatic carbocycles. The Morgan fingerprint density at radius 2 is 1.60 bits per heavy atom. The first-order valence-electron chi connectivity index (χ1n) is 13.5. The molecule has 4 aromatic rings. The van der Waals surface area contributed by atoms with Gasteiger partial charge < -0.3 is 14.8 Å². The van der Waals surface area contributed by atoms with Crippen molar-refractivity contribution in [3.05, 3.63) is 98.5 Å². The van der Waals surface area contributed by atoms with E-state index in [9.17, 15) is 32.3 Å². The number of imide groups is 1. The quantitative estimate of drug-likeness (QED) is 0.267. The number of aromatic nitrogens is 1. The van der Waals surface area contributed by atoms with Crippen molar-refractivity contribution in [1.82, 2.24) is 4.57 Å². The van der Waals surface area contributed by atoms with E-state index < -0.39 is 63.7 Å². The molecule has 1 fully saturated rings. The van der Waals surface area contributed by atoms with Gasteiger partial charge in [0, 0.05) is 16.4 Å². The smallest absolute Gasteiger partial charge is 0.418 e. The fourth-order valence-corrected chi connectivity index (χ4v) is 8.44. The summed E-state index contributed by atoms with van der Waals surface area (Å²) in [5, 5.41) is 1.60. The average molecular weight is 656 g/mol. The first kappa shape index (κ1) is 30.5. The van der Waals surface area contributed by atoms with Crippen LogP contribution in [0.5, 0.6) is 11.5 Å². The van der Waals surface area contributed by atoms with E-state index in [1.165, 1.54) is 26.4 Å². The minimum absolute atomic E-state index is 0.291. The van der Waals surface area contributed by atoms with Crippen LogP contribution in [0, 0.1) is 5.92 Å². The van der Waals surface area contributed by atoms with Gasteiger partial charge in [-0.1, -0.05) is 53.4 Å². The van der Waals surface area contributed by atoms with Gasteiger partial charge in [-0.3, -0.25) is 23.7 Å². The molecule has 1 aromatic heterocycles. The van der Waals surface area contributed by atoms with Crippen molar-refractivity contribution in [2.45, 2.75) is 28.9 Å². The number of hydrogen-bond acceptors (Lipinski definition) is 8. The number of alkyl halides is 3. The van der Waals surface area contributed by atoms with Crippen molar-refractivity contribution in [1.29, 1.82) is 0 Å². The minimum atomic E-state index is -4.71. The summed E-state index contributed by atoms with van der Waals surface area (Å²) in [6, 6.07) is 18.0. The van der Waals surface area contributed by atoms with Crippen LogP contribution in [0.3, 0.4) is 0 Å². The highest BCUT2D eigenvalue weighted by atomic mass is 32.2. The molecule has 0 spiro atoms. The molecule has 2 aliphatic rings. The number of fused-ring (bicyclic) bond motifs is 2. The zero-order chi connectivity index (χ0) is 32.0. The van der Waals surface area contributed by atoms with Crippen LogP contribution in [0.25, 0.3) is 0 Å². The van der Waals surface area contributed by atoms with Crippen LogP contribution in [0.15, 0.2) is 82.6 Å². The summed E-state index contributed by atoms with van der Waals surface area (Å²) in [6.07, 6.45) is -4.71. The second-order valence-corrected chi connectivity index (χ2v) is 12.3. The van der Waals surface area contributed by atoms with Gasteiger partial charge in [-0.2, -0.15) is 13.2 Å². The monoisotopic (exact) mass is 655 g/mol. The van der Waals surface area contributed by atoms with Crippen molar-refractivity contribution in [2.24, 2.45) is 5.92 Å². The molecule has 9 nitrogen and oxygen atoms in total. The summed E-state index contributed by atoms with van der Waals surface area (Å²) in [4.78, 5) is 55.4. The SMILES string of the molecule is COc1ccc(N2C(=O)C3Sc4c(sc(=O)n4CC(=O)Nc4ccccc4C(F)(F)F)C(c4ccccc4OC)C3C2=O)cc1. The molecule has 1 N–H and O–H groups in total. The van der Waals surface area contributed by atoms with E-state index in [-0.39, 0.29) is 0 Å². The Kier molecular flexibility index (Phi) is 7.95. The summed E-state index contributed by atoms with van der Waals surface area (Å²) in [6.45, 7) is -0.607. The summed E-state index contributed by atoms with van der Waals surface area (Å²) in [5.74, 6) is -2.53. The van der Waals surface area contributed by atoms with Gasteiger partial charge in [0.15, 0.2) is 0 Å². The van der Waals surface area contributed by atoms with E-state index in [1.807, 2.05) is 0 Å². The van der Waals surface area contributed by atoms with Gasteiger partial charge in [0.2, 0.25) is 17.7 Å². The Bertz CT molecular complexity index is 1870. The molecule has 3 amide bonds. The van der Waals surface area contributed by atoms with E-state index in [0.717, 1.165) is 44.7 Å². The van der Waals surface area contributed by atoms with Gasteiger partial charge in [-0.05, 0) is 42.5 Å². The molecular weight excluding hydrogens is 631 g/mol. The minimum Gasteiger partial charge on any atom is -0.497 e. The largest absolute Gasteiger partial charge is 0.497 e. The van der Waals surface area contributed by atoms with Crippen LogP contribution in [0.2, 0.25) is 0 Å². The average Bonchev–Trinajstić information content (AvgIpc) is 3.47. The van der Waals surface area contributed by atoms with Crippen molar-refractivity contribution < 1.29 is 37.0 Å². The molecule has 14 heteroatoms. The highest BCUT2D eigenvalue weighted by Gasteiger charge is 2.57. The Morgan fingerprint density at radius 1 is 0.911 bits per heavy atom. The second-order valence-electron chi connectivity index (χ2n) is 10.2. The number of nitrogens with zero attached hydrogens (tertiary/aromatic N) is 2. The van der Waals surface area contributed by atoms with Crippen LogP contribution >= 0.6 is 23.1 Å². The Labute approximate surface area is 262 Å². The van der Waals surface area contributed by atoms with Crippen molar-refractivity contribution in [3.63, 3.8) is 0 Å². The number of ether oxygens (including phenoxy) is 2. The third-order valence-electron chi connectivity index (χ3n) is 7.66. The Balaban J connectivity index is 1.41. The lowest BCUT2D eigenvalue weighted by atomic mass is 9.82. The van der Waals surface area contributed by atoms with Crippen LogP contribution in [0.1, 0.15) is 21.9 Å². The van der Waals surface area contributed by atoms with Crippen molar-refractivity contribution in [3.8, 4) is 11.5 Å². The number of carbonyl (C=O) groups excluding carboxylic acids is 3. The lowest BCUT2D eigenvalue weighted by molar-refractivity contribution is -0.137. The van der Waals surface area contributed by atoms with Crippen LogP contribution in [-0.2, 0) is 27.1 Å². The lowest BCUT2D eigenvalue weighted by Gasteiger charge is -2.31. The molecule has 0 aliphatic carbocycles. The summed E-state index contributed by atoms with van der Waals surface area (Å²) < 4.78 is 52.5. The number of halogens is 3. The molecule has 0 saturated carbocycles. The van der Waals surface area contributed by atoms with E-state index in [4.69, 9.17) is 9.47 Å². The number of benzene rings is 3. The normalized spacial score (nSPS) is 19.2. The topological polar surface area (TPSA) is 107 Å². The summed E-state index contributed by atoms with van der Waals surface area (Å²) in [7, 11) is 2.97. The third kappa shape index (κ3) is 5.37. The predicted molar refractivity (Wildman–Crippen MR) is 162 cm³/mol. The molecule has 2 aliphatic heterocycles. The van der Waals surface area contributed by atoms with Crippen molar-refractivity contribution >= 4 is 52.2 Å². The number of carbonyl (C=O) groups is 3. The zero-order valence-corrected chi connectivity index (χ0v) is 25.3. The van der Waals surface area contributed by atoms with Crippen molar-refractivity contribution in [2.75, 3.05) is 24.4 Å². The summed E-state index contributed by atoms with van der Waals surface area (Å²) in [5.41, 5.74) is -0.548. The molecule has 6 rings (SSSR count). The number of amides is 3. The third-order valence-corrected chi connectivity index (χ3v) is 10.3. The highest BCUT2D eigenvalue weighted by Crippen LogP contribution is 2.55. The fourth-order valence-electron chi connectivity index (χ4n) is 5.67. The van der Waals surface area contributed by atoms with E-state index in [0.29, 0.717) is 32.7 Å². The van der Waals surface area contributed by atoms with Crippen LogP contribution < -0.4 is 24.6 Å². The van der Waals surface area contributed by atoms with E-state index in [1.54, 1.807) is 48.5 Å². The predicted octanol–water partition coefficient (Wildman–Crippen LogP) is 5.38. The molecule has 3 atom stereocenters. The fraction of sp³-hybridized carbons (Fsp3) is 0.226. The number of methoxy groups -OCH3 is 2. The molecule has 3 unspecified atom stereocenters. The first-order chi connectivity index (χ1) is 21.5. The number of anilines is 2. The van der Waals surface area contributed by atoms with Gasteiger partial charge in [0.1, 0.15) is 23.3 Å². The molecular formula is C31H24F3N3O6S2.